The normalized spacial score (nSPS) is 18.3. The summed E-state index contributed by atoms with van der Waals surface area (Å²) in [4.78, 5) is 12.6. The summed E-state index contributed by atoms with van der Waals surface area (Å²) in [6.45, 7) is 4.73. The molecule has 2 atom stereocenters. The van der Waals surface area contributed by atoms with Gasteiger partial charge in [-0.1, -0.05) is 36.4 Å². The SMILES string of the molecule is Cc1cc(C)n(Cc2ccc(C(=O)N[C@H]3Cc4ccccc4[C@@H]3N)cc2)n1. The topological polar surface area (TPSA) is 72.9 Å². The minimum atomic E-state index is -0.157. The highest BCUT2D eigenvalue weighted by atomic mass is 16.1. The Labute approximate surface area is 159 Å². The highest BCUT2D eigenvalue weighted by molar-refractivity contribution is 5.94. The molecule has 0 aliphatic heterocycles. The van der Waals surface area contributed by atoms with Crippen LogP contribution in [0.15, 0.2) is 54.6 Å². The highest BCUT2D eigenvalue weighted by Gasteiger charge is 2.30. The number of nitrogens with zero attached hydrogens (tertiary/aromatic N) is 2. The van der Waals surface area contributed by atoms with E-state index in [1.807, 2.05) is 61.0 Å². The summed E-state index contributed by atoms with van der Waals surface area (Å²) < 4.78 is 1.97. The van der Waals surface area contributed by atoms with Crippen molar-refractivity contribution in [2.75, 3.05) is 0 Å². The van der Waals surface area contributed by atoms with E-state index in [9.17, 15) is 4.79 Å². The Kier molecular flexibility index (Phi) is 4.54. The third-order valence-electron chi connectivity index (χ3n) is 5.26. The van der Waals surface area contributed by atoms with Gasteiger partial charge in [-0.15, -0.1) is 0 Å². The number of nitrogens with two attached hydrogens (primary N) is 1. The van der Waals surface area contributed by atoms with Crippen LogP contribution in [0.5, 0.6) is 0 Å². The predicted octanol–water partition coefficient (Wildman–Crippen LogP) is 2.90. The van der Waals surface area contributed by atoms with Gasteiger partial charge in [0, 0.05) is 11.3 Å². The van der Waals surface area contributed by atoms with Gasteiger partial charge in [0.15, 0.2) is 0 Å². The predicted molar refractivity (Wildman–Crippen MR) is 106 cm³/mol. The van der Waals surface area contributed by atoms with Crippen molar-refractivity contribution in [1.82, 2.24) is 15.1 Å². The van der Waals surface area contributed by atoms with Gasteiger partial charge in [-0.2, -0.15) is 5.10 Å². The molecule has 0 unspecified atom stereocenters. The number of benzene rings is 2. The van der Waals surface area contributed by atoms with Crippen LogP contribution in [0.1, 0.15) is 44.5 Å². The number of amides is 1. The highest BCUT2D eigenvalue weighted by Crippen LogP contribution is 2.29. The zero-order chi connectivity index (χ0) is 19.0. The van der Waals surface area contributed by atoms with Gasteiger partial charge in [-0.25, -0.2) is 0 Å². The van der Waals surface area contributed by atoms with E-state index in [0.717, 1.165) is 28.9 Å². The zero-order valence-electron chi connectivity index (χ0n) is 15.6. The number of carbonyl (C=O) groups is 1. The molecular formula is C22H24N4O. The van der Waals surface area contributed by atoms with Crippen LogP contribution >= 0.6 is 0 Å². The number of hydrogen-bond donors (Lipinski definition) is 2. The molecule has 1 aliphatic rings. The Balaban J connectivity index is 1.42. The Morgan fingerprint density at radius 1 is 1.19 bits per heavy atom. The average Bonchev–Trinajstić information content (AvgIpc) is 3.14. The lowest BCUT2D eigenvalue weighted by atomic mass is 10.1. The molecule has 27 heavy (non-hydrogen) atoms. The average molecular weight is 360 g/mol. The minimum Gasteiger partial charge on any atom is -0.347 e. The Morgan fingerprint density at radius 2 is 1.93 bits per heavy atom. The molecule has 0 saturated heterocycles. The summed E-state index contributed by atoms with van der Waals surface area (Å²) in [6.07, 6.45) is 0.777. The summed E-state index contributed by atoms with van der Waals surface area (Å²) in [6, 6.07) is 17.7. The standard InChI is InChI=1S/C22H24N4O/c1-14-11-15(2)26(25-14)13-16-7-9-17(10-8-16)22(27)24-20-12-18-5-3-4-6-19(18)21(20)23/h3-11,20-21H,12-13,23H2,1-2H3,(H,24,27)/t20-,21-/m0/s1. The second-order valence-corrected chi connectivity index (χ2v) is 7.29. The van der Waals surface area contributed by atoms with Crippen molar-refractivity contribution < 1.29 is 4.79 Å². The van der Waals surface area contributed by atoms with E-state index in [1.54, 1.807) is 0 Å². The van der Waals surface area contributed by atoms with Crippen molar-refractivity contribution >= 4 is 5.91 Å². The number of carbonyl (C=O) groups excluding carboxylic acids is 1. The number of nitrogens with one attached hydrogen (secondary N) is 1. The van der Waals surface area contributed by atoms with Crippen LogP contribution in [0, 0.1) is 13.8 Å². The first kappa shape index (κ1) is 17.5. The second-order valence-electron chi connectivity index (χ2n) is 7.29. The van der Waals surface area contributed by atoms with Crippen molar-refractivity contribution in [1.29, 1.82) is 0 Å². The van der Waals surface area contributed by atoms with Crippen molar-refractivity contribution in [3.8, 4) is 0 Å². The third-order valence-corrected chi connectivity index (χ3v) is 5.26. The first-order chi connectivity index (χ1) is 13.0. The summed E-state index contributed by atoms with van der Waals surface area (Å²) in [5.74, 6) is -0.0825. The van der Waals surface area contributed by atoms with E-state index in [4.69, 9.17) is 5.73 Å². The van der Waals surface area contributed by atoms with Gasteiger partial charge in [0.2, 0.25) is 0 Å². The van der Waals surface area contributed by atoms with Crippen LogP contribution < -0.4 is 11.1 Å². The van der Waals surface area contributed by atoms with Crippen LogP contribution in [-0.2, 0) is 13.0 Å². The molecule has 1 amide bonds. The molecule has 5 nitrogen and oxygen atoms in total. The van der Waals surface area contributed by atoms with E-state index in [1.165, 1.54) is 5.56 Å². The molecule has 5 heteroatoms. The molecule has 0 bridgehead atoms. The molecule has 1 aromatic heterocycles. The van der Waals surface area contributed by atoms with Gasteiger partial charge >= 0.3 is 0 Å². The monoisotopic (exact) mass is 360 g/mol. The van der Waals surface area contributed by atoms with Crippen LogP contribution in [0.4, 0.5) is 0 Å². The number of aromatic nitrogens is 2. The minimum absolute atomic E-state index is 0.0655. The lowest BCUT2D eigenvalue weighted by Crippen LogP contribution is -2.40. The van der Waals surface area contributed by atoms with E-state index in [-0.39, 0.29) is 18.0 Å². The molecule has 0 radical (unpaired) electrons. The fraction of sp³-hybridized carbons (Fsp3) is 0.273. The molecule has 4 rings (SSSR count). The first-order valence-corrected chi connectivity index (χ1v) is 9.25. The first-order valence-electron chi connectivity index (χ1n) is 9.25. The lowest BCUT2D eigenvalue weighted by molar-refractivity contribution is 0.0933. The Bertz CT molecular complexity index is 974. The molecule has 1 heterocycles. The summed E-state index contributed by atoms with van der Waals surface area (Å²) >= 11 is 0. The zero-order valence-corrected chi connectivity index (χ0v) is 15.6. The van der Waals surface area contributed by atoms with Gasteiger partial charge in [-0.3, -0.25) is 9.48 Å². The van der Waals surface area contributed by atoms with Gasteiger partial charge < -0.3 is 11.1 Å². The van der Waals surface area contributed by atoms with E-state index in [2.05, 4.69) is 22.5 Å². The van der Waals surface area contributed by atoms with Gasteiger partial charge in [0.05, 0.1) is 24.3 Å². The molecule has 3 aromatic rings. The molecule has 3 N–H and O–H groups in total. The third kappa shape index (κ3) is 3.51. The van der Waals surface area contributed by atoms with Crippen molar-refractivity contribution in [3.63, 3.8) is 0 Å². The summed E-state index contributed by atoms with van der Waals surface area (Å²) in [5.41, 5.74) is 12.6. The fourth-order valence-electron chi connectivity index (χ4n) is 3.79. The molecule has 1 aliphatic carbocycles. The second kappa shape index (κ2) is 7.00. The van der Waals surface area contributed by atoms with Crippen molar-refractivity contribution in [3.05, 3.63) is 88.2 Å². The molecule has 0 fully saturated rings. The molecule has 0 spiro atoms. The van der Waals surface area contributed by atoms with Gasteiger partial charge in [0.1, 0.15) is 0 Å². The molecule has 2 aromatic carbocycles. The molecule has 0 saturated carbocycles. The number of hydrogen-bond acceptors (Lipinski definition) is 3. The fourth-order valence-corrected chi connectivity index (χ4v) is 3.79. The maximum Gasteiger partial charge on any atom is 0.251 e. The van der Waals surface area contributed by atoms with E-state index in [0.29, 0.717) is 12.1 Å². The maximum atomic E-state index is 12.6. The van der Waals surface area contributed by atoms with Crippen LogP contribution in [0.2, 0.25) is 0 Å². The van der Waals surface area contributed by atoms with Gasteiger partial charge in [-0.05, 0) is 55.2 Å². The Hall–Kier alpha value is -2.92. The van der Waals surface area contributed by atoms with E-state index < -0.39 is 0 Å². The van der Waals surface area contributed by atoms with Crippen LogP contribution in [0.25, 0.3) is 0 Å². The molecule has 138 valence electrons. The number of fused-ring (bicyclic) bond motifs is 1. The number of rotatable bonds is 4. The van der Waals surface area contributed by atoms with Gasteiger partial charge in [0.25, 0.3) is 5.91 Å². The largest absolute Gasteiger partial charge is 0.347 e. The number of aryl methyl sites for hydroxylation is 2. The van der Waals surface area contributed by atoms with Crippen molar-refractivity contribution in [2.45, 2.75) is 38.9 Å². The summed E-state index contributed by atoms with van der Waals surface area (Å²) in [7, 11) is 0. The Morgan fingerprint density at radius 3 is 2.59 bits per heavy atom. The van der Waals surface area contributed by atoms with Crippen molar-refractivity contribution in [2.24, 2.45) is 5.73 Å². The molecular weight excluding hydrogens is 336 g/mol. The lowest BCUT2D eigenvalue weighted by Gasteiger charge is -2.18. The smallest absolute Gasteiger partial charge is 0.251 e. The van der Waals surface area contributed by atoms with Crippen LogP contribution in [0.3, 0.4) is 0 Å². The quantitative estimate of drug-likeness (QED) is 0.751. The summed E-state index contributed by atoms with van der Waals surface area (Å²) in [5, 5.41) is 7.58. The maximum absolute atomic E-state index is 12.6. The van der Waals surface area contributed by atoms with Crippen LogP contribution in [-0.4, -0.2) is 21.7 Å². The van der Waals surface area contributed by atoms with E-state index >= 15 is 0 Å².